The Morgan fingerprint density at radius 1 is 0.717 bits per heavy atom. The summed E-state index contributed by atoms with van der Waals surface area (Å²) in [4.78, 5) is 60.7. The molecule has 0 aliphatic carbocycles. The predicted octanol–water partition coefficient (Wildman–Crippen LogP) is 4.67. The summed E-state index contributed by atoms with van der Waals surface area (Å²) >= 11 is 0. The lowest BCUT2D eigenvalue weighted by Crippen LogP contribution is -2.59. The van der Waals surface area contributed by atoms with Gasteiger partial charge in [0.05, 0.1) is 0 Å². The van der Waals surface area contributed by atoms with Crippen LogP contribution in [0.2, 0.25) is 0 Å². The maximum absolute atomic E-state index is 12.4. The maximum Gasteiger partial charge on any atom is 0.308 e. The number of esters is 5. The minimum absolute atomic E-state index is 0.0871. The van der Waals surface area contributed by atoms with Crippen molar-refractivity contribution in [2.45, 2.75) is 92.3 Å². The van der Waals surface area contributed by atoms with Gasteiger partial charge in [-0.3, -0.25) is 24.0 Å². The Bertz CT molecular complexity index is 1670. The average Bonchev–Trinajstić information content (AvgIpc) is 3.37. The number of aryl methyl sites for hydroxylation is 3. The van der Waals surface area contributed by atoms with Crippen molar-refractivity contribution < 1.29 is 56.8 Å². The zero-order valence-corrected chi connectivity index (χ0v) is 27.1. The average molecular weight is 639 g/mol. The standard InChI is InChI=1S/C34H38O12/c1-16-11-17(2)26-14-25(45-30(26)18(16)3)12-24-9-10-28(41-20(5)36)27(13-24)31-33(43-22(7)38)34(44-23(8)39)32(42-21(6)37)29(46-31)15-40-19(4)35/h9-11,13-14,29,31-34H,12,15H2,1-8H3/t29-,31?,32-,33+,34?/m1/s1. The van der Waals surface area contributed by atoms with E-state index in [4.69, 9.17) is 32.8 Å². The van der Waals surface area contributed by atoms with Gasteiger partial charge in [0.25, 0.3) is 0 Å². The van der Waals surface area contributed by atoms with Gasteiger partial charge in [0.1, 0.15) is 35.9 Å². The van der Waals surface area contributed by atoms with E-state index in [2.05, 4.69) is 6.07 Å². The second-order valence-electron chi connectivity index (χ2n) is 11.4. The molecular weight excluding hydrogens is 600 g/mol. The molecule has 0 spiro atoms. The Labute approximate surface area is 266 Å². The lowest BCUT2D eigenvalue weighted by molar-refractivity contribution is -0.254. The molecule has 1 saturated heterocycles. The van der Waals surface area contributed by atoms with E-state index in [0.29, 0.717) is 12.2 Å². The summed E-state index contributed by atoms with van der Waals surface area (Å²) in [6.07, 6.45) is -6.16. The fraction of sp³-hybridized carbons (Fsp3) is 0.441. The Morgan fingerprint density at radius 3 is 1.96 bits per heavy atom. The third kappa shape index (κ3) is 7.92. The first kappa shape index (κ1) is 34.2. The zero-order valence-electron chi connectivity index (χ0n) is 27.1. The van der Waals surface area contributed by atoms with Crippen molar-refractivity contribution in [1.29, 1.82) is 0 Å². The molecule has 0 saturated carbocycles. The number of hydrogen-bond donors (Lipinski definition) is 0. The molecule has 0 amide bonds. The summed E-state index contributed by atoms with van der Waals surface area (Å²) in [5.41, 5.74) is 5.02. The quantitative estimate of drug-likeness (QED) is 0.182. The number of fused-ring (bicyclic) bond motifs is 1. The van der Waals surface area contributed by atoms with Gasteiger partial charge in [0.2, 0.25) is 0 Å². The molecule has 3 aromatic rings. The Kier molecular flexibility index (Phi) is 10.5. The van der Waals surface area contributed by atoms with Crippen molar-refractivity contribution in [2.75, 3.05) is 6.61 Å². The molecule has 12 heteroatoms. The van der Waals surface area contributed by atoms with Crippen LogP contribution in [0.3, 0.4) is 0 Å². The van der Waals surface area contributed by atoms with Gasteiger partial charge in [0, 0.05) is 52.0 Å². The minimum Gasteiger partial charge on any atom is -0.463 e. The molecule has 2 aromatic carbocycles. The first-order valence-corrected chi connectivity index (χ1v) is 14.8. The topological polar surface area (TPSA) is 154 Å². The summed E-state index contributed by atoms with van der Waals surface area (Å²) in [6.45, 7) is 11.5. The minimum atomic E-state index is -1.39. The fourth-order valence-corrected chi connectivity index (χ4v) is 5.65. The molecule has 4 rings (SSSR count). The van der Waals surface area contributed by atoms with E-state index in [9.17, 15) is 24.0 Å². The van der Waals surface area contributed by atoms with Crippen LogP contribution in [-0.4, -0.2) is 60.9 Å². The molecule has 5 atom stereocenters. The van der Waals surface area contributed by atoms with E-state index in [-0.39, 0.29) is 11.3 Å². The number of benzene rings is 2. The normalized spacial score (nSPS) is 20.9. The molecule has 246 valence electrons. The highest BCUT2D eigenvalue weighted by Gasteiger charge is 2.53. The number of furan rings is 1. The van der Waals surface area contributed by atoms with Crippen molar-refractivity contribution in [2.24, 2.45) is 0 Å². The molecule has 12 nitrogen and oxygen atoms in total. The molecule has 0 radical (unpaired) electrons. The Hall–Kier alpha value is -4.71. The van der Waals surface area contributed by atoms with Gasteiger partial charge in [0.15, 0.2) is 18.3 Å². The largest absolute Gasteiger partial charge is 0.463 e. The number of carbonyl (C=O) groups is 5. The SMILES string of the molecule is CC(=O)OC[C@H]1OC(c2cc(Cc3cc4c(C)cc(C)c(C)c4o3)ccc2OC(C)=O)[C@H](OC(C)=O)C(OC(C)=O)[C@@H]1OC(C)=O. The van der Waals surface area contributed by atoms with Crippen molar-refractivity contribution in [3.63, 3.8) is 0 Å². The van der Waals surface area contributed by atoms with Gasteiger partial charge >= 0.3 is 29.8 Å². The molecule has 1 aromatic heterocycles. The summed E-state index contributed by atoms with van der Waals surface area (Å²) in [7, 11) is 0. The molecule has 0 N–H and O–H groups in total. The van der Waals surface area contributed by atoms with E-state index >= 15 is 0 Å². The highest BCUT2D eigenvalue weighted by atomic mass is 16.7. The monoisotopic (exact) mass is 638 g/mol. The molecule has 46 heavy (non-hydrogen) atoms. The molecule has 1 aliphatic heterocycles. The lowest BCUT2D eigenvalue weighted by atomic mass is 9.89. The fourth-order valence-electron chi connectivity index (χ4n) is 5.65. The van der Waals surface area contributed by atoms with Crippen LogP contribution in [0.25, 0.3) is 11.0 Å². The van der Waals surface area contributed by atoms with Crippen LogP contribution < -0.4 is 4.74 Å². The van der Waals surface area contributed by atoms with Gasteiger partial charge in [-0.2, -0.15) is 0 Å². The predicted molar refractivity (Wildman–Crippen MR) is 162 cm³/mol. The summed E-state index contributed by atoms with van der Waals surface area (Å²) in [5.74, 6) is -2.74. The van der Waals surface area contributed by atoms with E-state index in [0.717, 1.165) is 54.0 Å². The van der Waals surface area contributed by atoms with Crippen LogP contribution in [-0.2, 0) is 54.1 Å². The van der Waals surface area contributed by atoms with Crippen LogP contribution in [0.4, 0.5) is 0 Å². The van der Waals surface area contributed by atoms with Crippen LogP contribution in [0.1, 0.15) is 74.3 Å². The molecule has 2 heterocycles. The van der Waals surface area contributed by atoms with Crippen molar-refractivity contribution in [3.05, 3.63) is 63.9 Å². The molecular formula is C34H38O12. The first-order chi connectivity index (χ1) is 21.6. The number of hydrogen-bond acceptors (Lipinski definition) is 12. The van der Waals surface area contributed by atoms with Gasteiger partial charge < -0.3 is 32.8 Å². The van der Waals surface area contributed by atoms with Crippen molar-refractivity contribution in [1.82, 2.24) is 0 Å². The van der Waals surface area contributed by atoms with E-state index in [1.165, 1.54) is 13.8 Å². The first-order valence-electron chi connectivity index (χ1n) is 14.8. The maximum atomic E-state index is 12.4. The smallest absolute Gasteiger partial charge is 0.308 e. The number of rotatable bonds is 9. The molecule has 2 unspecified atom stereocenters. The third-order valence-corrected chi connectivity index (χ3v) is 7.58. The van der Waals surface area contributed by atoms with Gasteiger partial charge in [-0.15, -0.1) is 0 Å². The zero-order chi connectivity index (χ0) is 33.9. The molecule has 1 aliphatic rings. The van der Waals surface area contributed by atoms with E-state index < -0.39 is 67.0 Å². The Balaban J connectivity index is 1.85. The van der Waals surface area contributed by atoms with Gasteiger partial charge in [-0.1, -0.05) is 12.1 Å². The van der Waals surface area contributed by atoms with Gasteiger partial charge in [-0.05, 0) is 61.2 Å². The second kappa shape index (κ2) is 14.2. The van der Waals surface area contributed by atoms with Crippen molar-refractivity contribution in [3.8, 4) is 5.75 Å². The second-order valence-corrected chi connectivity index (χ2v) is 11.4. The third-order valence-electron chi connectivity index (χ3n) is 7.58. The summed E-state index contributed by atoms with van der Waals surface area (Å²) in [6, 6.07) is 9.12. The van der Waals surface area contributed by atoms with E-state index in [1.54, 1.807) is 18.2 Å². The molecule has 0 bridgehead atoms. The van der Waals surface area contributed by atoms with Crippen LogP contribution >= 0.6 is 0 Å². The Morgan fingerprint density at radius 2 is 1.35 bits per heavy atom. The number of carbonyl (C=O) groups excluding carboxylic acids is 5. The van der Waals surface area contributed by atoms with Crippen LogP contribution in [0, 0.1) is 20.8 Å². The van der Waals surface area contributed by atoms with Gasteiger partial charge in [-0.25, -0.2) is 0 Å². The van der Waals surface area contributed by atoms with Crippen LogP contribution in [0.5, 0.6) is 5.75 Å². The van der Waals surface area contributed by atoms with E-state index in [1.807, 2.05) is 26.8 Å². The number of ether oxygens (including phenoxy) is 6. The van der Waals surface area contributed by atoms with Crippen LogP contribution in [0.15, 0.2) is 34.7 Å². The summed E-state index contributed by atoms with van der Waals surface area (Å²) < 4.78 is 40.0. The lowest BCUT2D eigenvalue weighted by Gasteiger charge is -2.44. The summed E-state index contributed by atoms with van der Waals surface area (Å²) in [5, 5.41) is 0.995. The highest BCUT2D eigenvalue weighted by Crippen LogP contribution is 2.42. The molecule has 1 fully saturated rings. The van der Waals surface area contributed by atoms with Crippen molar-refractivity contribution >= 4 is 40.8 Å². The highest BCUT2D eigenvalue weighted by molar-refractivity contribution is 5.85.